The fraction of sp³-hybridized carbons (Fsp3) is 0.0455. The minimum Gasteiger partial charge on any atom is -0.489 e. The van der Waals surface area contributed by atoms with Crippen molar-refractivity contribution in [3.63, 3.8) is 0 Å². The SMILES string of the molecule is S=c1[nH]nc(-c2ccccc2)n1/N=C\c1ccc(OCc2ccc(Cl)c(Cl)c2)cc1. The van der Waals surface area contributed by atoms with Crippen molar-refractivity contribution in [2.45, 2.75) is 6.61 Å². The van der Waals surface area contributed by atoms with Crippen LogP contribution in [0.4, 0.5) is 0 Å². The molecular weight excluding hydrogens is 439 g/mol. The maximum atomic E-state index is 6.04. The van der Waals surface area contributed by atoms with Crippen LogP contribution in [0.25, 0.3) is 11.4 Å². The van der Waals surface area contributed by atoms with Crippen LogP contribution in [-0.2, 0) is 6.61 Å². The van der Waals surface area contributed by atoms with E-state index < -0.39 is 0 Å². The number of hydrogen-bond donors (Lipinski definition) is 1. The Kier molecular flexibility index (Phi) is 6.28. The number of hydrogen-bond acceptors (Lipinski definition) is 4. The molecule has 3 aromatic carbocycles. The maximum absolute atomic E-state index is 6.04. The van der Waals surface area contributed by atoms with Crippen LogP contribution in [0.2, 0.25) is 10.0 Å². The lowest BCUT2D eigenvalue weighted by atomic mass is 10.2. The number of H-pyrrole nitrogens is 1. The monoisotopic (exact) mass is 454 g/mol. The van der Waals surface area contributed by atoms with Crippen molar-refractivity contribution in [2.75, 3.05) is 0 Å². The van der Waals surface area contributed by atoms with Crippen LogP contribution in [-0.4, -0.2) is 21.1 Å². The van der Waals surface area contributed by atoms with E-state index >= 15 is 0 Å². The summed E-state index contributed by atoms with van der Waals surface area (Å²) in [6, 6.07) is 22.8. The summed E-state index contributed by atoms with van der Waals surface area (Å²) in [4.78, 5) is 0. The Labute approximate surface area is 188 Å². The average Bonchev–Trinajstić information content (AvgIpc) is 3.15. The molecule has 8 heteroatoms. The molecule has 0 amide bonds. The van der Waals surface area contributed by atoms with E-state index in [2.05, 4.69) is 15.3 Å². The summed E-state index contributed by atoms with van der Waals surface area (Å²) in [6.45, 7) is 0.398. The molecule has 0 atom stereocenters. The summed E-state index contributed by atoms with van der Waals surface area (Å²) in [5, 5.41) is 12.6. The molecule has 4 rings (SSSR count). The first-order chi connectivity index (χ1) is 14.6. The predicted molar refractivity (Wildman–Crippen MR) is 123 cm³/mol. The Morgan fingerprint density at radius 1 is 1.00 bits per heavy atom. The van der Waals surface area contributed by atoms with E-state index in [4.69, 9.17) is 40.2 Å². The number of benzene rings is 3. The van der Waals surface area contributed by atoms with E-state index in [1.807, 2.05) is 60.7 Å². The van der Waals surface area contributed by atoms with Crippen molar-refractivity contribution in [1.82, 2.24) is 14.9 Å². The fourth-order valence-corrected chi connectivity index (χ4v) is 3.24. The molecule has 1 heterocycles. The van der Waals surface area contributed by atoms with Gasteiger partial charge in [0, 0.05) is 5.56 Å². The predicted octanol–water partition coefficient (Wildman–Crippen LogP) is 6.38. The highest BCUT2D eigenvalue weighted by atomic mass is 35.5. The van der Waals surface area contributed by atoms with Crippen LogP contribution in [0.15, 0.2) is 77.9 Å². The van der Waals surface area contributed by atoms with Crippen LogP contribution in [0.3, 0.4) is 0 Å². The third-order valence-corrected chi connectivity index (χ3v) is 5.28. The molecule has 0 fully saturated rings. The third kappa shape index (κ3) is 4.79. The van der Waals surface area contributed by atoms with Crippen LogP contribution in [0.1, 0.15) is 11.1 Å². The summed E-state index contributed by atoms with van der Waals surface area (Å²) in [5.74, 6) is 1.39. The number of aromatic nitrogens is 3. The summed E-state index contributed by atoms with van der Waals surface area (Å²) >= 11 is 17.3. The third-order valence-electron chi connectivity index (χ3n) is 4.27. The molecule has 150 valence electrons. The van der Waals surface area contributed by atoms with E-state index in [0.29, 0.717) is 27.2 Å². The van der Waals surface area contributed by atoms with Gasteiger partial charge in [-0.3, -0.25) is 0 Å². The van der Waals surface area contributed by atoms with Crippen LogP contribution in [0, 0.1) is 4.77 Å². The molecule has 0 radical (unpaired) electrons. The van der Waals surface area contributed by atoms with E-state index in [-0.39, 0.29) is 0 Å². The van der Waals surface area contributed by atoms with Gasteiger partial charge in [0.2, 0.25) is 4.77 Å². The van der Waals surface area contributed by atoms with Gasteiger partial charge in [-0.15, -0.1) is 0 Å². The number of rotatable bonds is 6. The van der Waals surface area contributed by atoms with Crippen molar-refractivity contribution in [1.29, 1.82) is 0 Å². The van der Waals surface area contributed by atoms with E-state index in [0.717, 1.165) is 22.4 Å². The van der Waals surface area contributed by atoms with Gasteiger partial charge in [0.25, 0.3) is 0 Å². The second-order valence-corrected chi connectivity index (χ2v) is 7.58. The summed E-state index contributed by atoms with van der Waals surface area (Å²) in [5.41, 5.74) is 2.77. The summed E-state index contributed by atoms with van der Waals surface area (Å²) in [7, 11) is 0. The fourth-order valence-electron chi connectivity index (χ4n) is 2.74. The lowest BCUT2D eigenvalue weighted by Gasteiger charge is -2.07. The highest BCUT2D eigenvalue weighted by Gasteiger charge is 2.07. The molecule has 1 N–H and O–H groups in total. The molecule has 0 bridgehead atoms. The molecule has 5 nitrogen and oxygen atoms in total. The smallest absolute Gasteiger partial charge is 0.216 e. The summed E-state index contributed by atoms with van der Waals surface area (Å²) < 4.78 is 7.82. The highest BCUT2D eigenvalue weighted by Crippen LogP contribution is 2.23. The zero-order valence-electron chi connectivity index (χ0n) is 15.6. The number of halogens is 2. The van der Waals surface area contributed by atoms with Crippen LogP contribution >= 0.6 is 35.4 Å². The Morgan fingerprint density at radius 3 is 2.50 bits per heavy atom. The van der Waals surface area contributed by atoms with Crippen molar-refractivity contribution < 1.29 is 4.74 Å². The largest absolute Gasteiger partial charge is 0.489 e. The van der Waals surface area contributed by atoms with E-state index in [1.165, 1.54) is 0 Å². The number of nitrogens with one attached hydrogen (secondary N) is 1. The first kappa shape index (κ1) is 20.3. The molecule has 0 aliphatic carbocycles. The van der Waals surface area contributed by atoms with Crippen molar-refractivity contribution in [2.24, 2.45) is 5.10 Å². The quantitative estimate of drug-likeness (QED) is 0.271. The number of nitrogens with zero attached hydrogens (tertiary/aromatic N) is 3. The molecule has 30 heavy (non-hydrogen) atoms. The Hall–Kier alpha value is -2.93. The lowest BCUT2D eigenvalue weighted by molar-refractivity contribution is 0.306. The minimum atomic E-state index is 0.398. The molecule has 0 saturated carbocycles. The second kappa shape index (κ2) is 9.26. The highest BCUT2D eigenvalue weighted by molar-refractivity contribution is 7.71. The van der Waals surface area contributed by atoms with Crippen LogP contribution < -0.4 is 4.74 Å². The molecule has 0 saturated heterocycles. The van der Waals surface area contributed by atoms with Crippen molar-refractivity contribution >= 4 is 41.6 Å². The number of ether oxygens (including phenoxy) is 1. The van der Waals surface area contributed by atoms with Gasteiger partial charge in [0.05, 0.1) is 16.3 Å². The zero-order valence-corrected chi connectivity index (χ0v) is 18.0. The Balaban J connectivity index is 1.45. The van der Waals surface area contributed by atoms with Crippen molar-refractivity contribution in [3.8, 4) is 17.1 Å². The molecule has 1 aromatic heterocycles. The van der Waals surface area contributed by atoms with Gasteiger partial charge in [-0.1, -0.05) is 59.6 Å². The molecule has 0 aliphatic rings. The van der Waals surface area contributed by atoms with Gasteiger partial charge < -0.3 is 4.74 Å². The molecule has 0 spiro atoms. The lowest BCUT2D eigenvalue weighted by Crippen LogP contribution is -1.96. The minimum absolute atomic E-state index is 0.398. The molecule has 0 aliphatic heterocycles. The second-order valence-electron chi connectivity index (χ2n) is 6.38. The van der Waals surface area contributed by atoms with E-state index in [1.54, 1.807) is 23.0 Å². The van der Waals surface area contributed by atoms with Gasteiger partial charge in [-0.05, 0) is 59.7 Å². The Morgan fingerprint density at radius 2 is 1.77 bits per heavy atom. The first-order valence-corrected chi connectivity index (χ1v) is 10.2. The van der Waals surface area contributed by atoms with Crippen LogP contribution in [0.5, 0.6) is 5.75 Å². The topological polar surface area (TPSA) is 55.2 Å². The number of aromatic amines is 1. The van der Waals surface area contributed by atoms with Gasteiger partial charge in [-0.25, -0.2) is 5.10 Å². The standard InChI is InChI=1S/C22H16Cl2N4OS/c23-19-11-8-16(12-20(19)24)14-29-18-9-6-15(7-10-18)13-25-28-21(26-27-22(28)30)17-4-2-1-3-5-17/h1-13H,14H2,(H,27,30)/b25-13-. The molecule has 4 aromatic rings. The maximum Gasteiger partial charge on any atom is 0.216 e. The average molecular weight is 455 g/mol. The van der Waals surface area contributed by atoms with Gasteiger partial charge >= 0.3 is 0 Å². The normalized spacial score (nSPS) is 11.1. The van der Waals surface area contributed by atoms with Gasteiger partial charge in [0.1, 0.15) is 12.4 Å². The van der Waals surface area contributed by atoms with Crippen molar-refractivity contribution in [3.05, 3.63) is 98.7 Å². The molecular formula is C22H16Cl2N4OS. The first-order valence-electron chi connectivity index (χ1n) is 9.04. The van der Waals surface area contributed by atoms with Gasteiger partial charge in [0.15, 0.2) is 5.82 Å². The van der Waals surface area contributed by atoms with Gasteiger partial charge in [-0.2, -0.15) is 14.9 Å². The summed E-state index contributed by atoms with van der Waals surface area (Å²) in [6.07, 6.45) is 1.72. The van der Waals surface area contributed by atoms with E-state index in [9.17, 15) is 0 Å². The zero-order chi connectivity index (χ0) is 20.9. The Bertz CT molecular complexity index is 1230. The molecule has 0 unspecified atom stereocenters.